The van der Waals surface area contributed by atoms with E-state index in [0.29, 0.717) is 25.3 Å². The van der Waals surface area contributed by atoms with Crippen molar-refractivity contribution >= 4 is 11.6 Å². The van der Waals surface area contributed by atoms with Crippen LogP contribution in [0, 0.1) is 0 Å². The smallest absolute Gasteiger partial charge is 0.258 e. The lowest BCUT2D eigenvalue weighted by molar-refractivity contribution is 0.0572. The number of nitrogens with zero attached hydrogens (tertiary/aromatic N) is 1. The molecular formula is C21H24N2O3. The van der Waals surface area contributed by atoms with Crippen LogP contribution in [0.2, 0.25) is 0 Å². The Kier molecular flexibility index (Phi) is 5.28. The van der Waals surface area contributed by atoms with E-state index in [1.54, 1.807) is 18.1 Å². The third-order valence-electron chi connectivity index (χ3n) is 4.60. The van der Waals surface area contributed by atoms with Crippen molar-refractivity contribution in [3.05, 3.63) is 72.3 Å². The largest absolute Gasteiger partial charge is 0.491 e. The highest BCUT2D eigenvalue weighted by molar-refractivity contribution is 6.02. The summed E-state index contributed by atoms with van der Waals surface area (Å²) < 4.78 is 10.6. The fourth-order valence-corrected chi connectivity index (χ4v) is 3.20. The van der Waals surface area contributed by atoms with E-state index in [1.165, 1.54) is 0 Å². The number of hydrogen-bond donors (Lipinski definition) is 1. The average Bonchev–Trinajstić information content (AvgIpc) is 2.66. The van der Waals surface area contributed by atoms with E-state index >= 15 is 0 Å². The van der Waals surface area contributed by atoms with Crippen molar-refractivity contribution in [3.63, 3.8) is 0 Å². The predicted molar refractivity (Wildman–Crippen MR) is 102 cm³/mol. The van der Waals surface area contributed by atoms with Gasteiger partial charge >= 0.3 is 0 Å². The second kappa shape index (κ2) is 7.62. The first-order valence-corrected chi connectivity index (χ1v) is 8.62. The molecule has 0 aromatic heterocycles. The number of para-hydroxylation sites is 1. The normalized spacial score (nSPS) is 18.8. The molecule has 0 radical (unpaired) electrons. The van der Waals surface area contributed by atoms with Gasteiger partial charge in [0, 0.05) is 19.3 Å². The Labute approximate surface area is 154 Å². The molecule has 1 amide bonds. The number of benzene rings is 2. The zero-order valence-electron chi connectivity index (χ0n) is 15.2. The second-order valence-electron chi connectivity index (χ2n) is 6.31. The molecule has 1 aliphatic rings. The second-order valence-corrected chi connectivity index (χ2v) is 6.31. The van der Waals surface area contributed by atoms with E-state index in [0.717, 1.165) is 17.0 Å². The maximum Gasteiger partial charge on any atom is 0.258 e. The Morgan fingerprint density at radius 3 is 2.58 bits per heavy atom. The van der Waals surface area contributed by atoms with E-state index in [2.05, 4.69) is 11.9 Å². The van der Waals surface area contributed by atoms with Gasteiger partial charge in [-0.1, -0.05) is 30.3 Å². The first-order chi connectivity index (χ1) is 12.6. The maximum atomic E-state index is 13.0. The molecule has 0 spiro atoms. The summed E-state index contributed by atoms with van der Waals surface area (Å²) in [6.45, 7) is 7.30. The minimum Gasteiger partial charge on any atom is -0.491 e. The minimum atomic E-state index is -0.676. The highest BCUT2D eigenvalue weighted by atomic mass is 16.5. The molecule has 26 heavy (non-hydrogen) atoms. The number of carbonyl (C=O) groups excluding carboxylic acids is 1. The summed E-state index contributed by atoms with van der Waals surface area (Å²) in [5.41, 5.74) is 1.80. The Hall–Kier alpha value is -2.79. The SMILES string of the molecule is C=CCN1C(=O)c2ccccc2NC1(C)c1ccc(OCCOC)cc1. The molecule has 1 atom stereocenters. The Morgan fingerprint density at radius 1 is 1.15 bits per heavy atom. The van der Waals surface area contributed by atoms with E-state index < -0.39 is 5.66 Å². The van der Waals surface area contributed by atoms with E-state index in [9.17, 15) is 4.79 Å². The molecular weight excluding hydrogens is 328 g/mol. The van der Waals surface area contributed by atoms with Gasteiger partial charge in [0.1, 0.15) is 18.0 Å². The fourth-order valence-electron chi connectivity index (χ4n) is 3.20. The molecule has 0 saturated heterocycles. The van der Waals surface area contributed by atoms with E-state index in [4.69, 9.17) is 9.47 Å². The molecule has 2 aromatic carbocycles. The highest BCUT2D eigenvalue weighted by Gasteiger charge is 2.41. The summed E-state index contributed by atoms with van der Waals surface area (Å²) in [6, 6.07) is 15.4. The number of ether oxygens (including phenoxy) is 2. The molecule has 3 rings (SSSR count). The van der Waals surface area contributed by atoms with Crippen LogP contribution in [-0.4, -0.2) is 37.7 Å². The van der Waals surface area contributed by atoms with Crippen molar-refractivity contribution in [2.45, 2.75) is 12.6 Å². The van der Waals surface area contributed by atoms with Crippen molar-refractivity contribution in [2.24, 2.45) is 0 Å². The first kappa shape index (κ1) is 18.0. The van der Waals surface area contributed by atoms with Crippen LogP contribution in [0.3, 0.4) is 0 Å². The van der Waals surface area contributed by atoms with Crippen molar-refractivity contribution in [2.75, 3.05) is 32.2 Å². The van der Waals surface area contributed by atoms with Crippen LogP contribution in [-0.2, 0) is 10.4 Å². The Morgan fingerprint density at radius 2 is 1.88 bits per heavy atom. The lowest BCUT2D eigenvalue weighted by Gasteiger charge is -2.46. The van der Waals surface area contributed by atoms with Crippen molar-refractivity contribution < 1.29 is 14.3 Å². The van der Waals surface area contributed by atoms with Crippen LogP contribution >= 0.6 is 0 Å². The van der Waals surface area contributed by atoms with Gasteiger partial charge in [-0.05, 0) is 36.8 Å². The van der Waals surface area contributed by atoms with Crippen LogP contribution in [0.15, 0.2) is 61.2 Å². The molecule has 0 aliphatic carbocycles. The van der Waals surface area contributed by atoms with E-state index in [-0.39, 0.29) is 5.91 Å². The Balaban J connectivity index is 1.93. The molecule has 1 unspecified atom stereocenters. The summed E-state index contributed by atoms with van der Waals surface area (Å²) in [4.78, 5) is 14.8. The molecule has 0 bridgehead atoms. The van der Waals surface area contributed by atoms with Gasteiger partial charge in [0.05, 0.1) is 12.2 Å². The molecule has 0 fully saturated rings. The highest BCUT2D eigenvalue weighted by Crippen LogP contribution is 2.38. The standard InChI is InChI=1S/C21H24N2O3/c1-4-13-23-20(24)18-7-5-6-8-19(18)22-21(23,2)16-9-11-17(12-10-16)26-15-14-25-3/h4-12,22H,1,13-15H2,2-3H3. The third-order valence-corrected chi connectivity index (χ3v) is 4.60. The lowest BCUT2D eigenvalue weighted by Crippen LogP contribution is -2.55. The number of fused-ring (bicyclic) bond motifs is 1. The van der Waals surface area contributed by atoms with Gasteiger partial charge in [-0.15, -0.1) is 6.58 Å². The summed E-state index contributed by atoms with van der Waals surface area (Å²) in [5, 5.41) is 3.52. The van der Waals surface area contributed by atoms with Crippen LogP contribution in [0.1, 0.15) is 22.8 Å². The van der Waals surface area contributed by atoms with Gasteiger partial charge in [-0.3, -0.25) is 4.79 Å². The molecule has 1 N–H and O–H groups in total. The minimum absolute atomic E-state index is 0.0119. The van der Waals surface area contributed by atoms with Gasteiger partial charge in [0.25, 0.3) is 5.91 Å². The molecule has 5 nitrogen and oxygen atoms in total. The van der Waals surface area contributed by atoms with Crippen LogP contribution in [0.5, 0.6) is 5.75 Å². The zero-order valence-corrected chi connectivity index (χ0v) is 15.2. The van der Waals surface area contributed by atoms with Crippen LogP contribution in [0.4, 0.5) is 5.69 Å². The molecule has 136 valence electrons. The number of hydrogen-bond acceptors (Lipinski definition) is 4. The molecule has 1 heterocycles. The number of rotatable bonds is 7. The third kappa shape index (κ3) is 3.30. The van der Waals surface area contributed by atoms with Crippen molar-refractivity contribution in [1.29, 1.82) is 0 Å². The average molecular weight is 352 g/mol. The van der Waals surface area contributed by atoms with Gasteiger partial charge < -0.3 is 19.7 Å². The number of amides is 1. The quantitative estimate of drug-likeness (QED) is 0.611. The molecule has 1 aliphatic heterocycles. The van der Waals surface area contributed by atoms with Crippen LogP contribution in [0.25, 0.3) is 0 Å². The van der Waals surface area contributed by atoms with Gasteiger partial charge in [0.15, 0.2) is 0 Å². The Bertz CT molecular complexity index is 788. The van der Waals surface area contributed by atoms with E-state index in [1.807, 2.05) is 55.5 Å². The zero-order chi connectivity index (χ0) is 18.6. The molecule has 2 aromatic rings. The lowest BCUT2D eigenvalue weighted by atomic mass is 9.93. The maximum absolute atomic E-state index is 13.0. The molecule has 5 heteroatoms. The van der Waals surface area contributed by atoms with Crippen LogP contribution < -0.4 is 10.1 Å². The number of carbonyl (C=O) groups is 1. The summed E-state index contributed by atoms with van der Waals surface area (Å²) in [7, 11) is 1.64. The monoisotopic (exact) mass is 352 g/mol. The number of anilines is 1. The van der Waals surface area contributed by atoms with Crippen molar-refractivity contribution in [1.82, 2.24) is 4.90 Å². The fraction of sp³-hybridized carbons (Fsp3) is 0.286. The summed E-state index contributed by atoms with van der Waals surface area (Å²) >= 11 is 0. The first-order valence-electron chi connectivity index (χ1n) is 8.62. The van der Waals surface area contributed by atoms with Gasteiger partial charge in [-0.25, -0.2) is 0 Å². The number of methoxy groups -OCH3 is 1. The van der Waals surface area contributed by atoms with Crippen molar-refractivity contribution in [3.8, 4) is 5.75 Å². The van der Waals surface area contributed by atoms with Gasteiger partial charge in [-0.2, -0.15) is 0 Å². The topological polar surface area (TPSA) is 50.8 Å². The predicted octanol–water partition coefficient (Wildman–Crippen LogP) is 3.64. The summed E-state index contributed by atoms with van der Waals surface area (Å²) in [6.07, 6.45) is 1.74. The number of nitrogens with one attached hydrogen (secondary N) is 1. The summed E-state index contributed by atoms with van der Waals surface area (Å²) in [5.74, 6) is 0.759. The molecule has 0 saturated carbocycles. The van der Waals surface area contributed by atoms with Gasteiger partial charge in [0.2, 0.25) is 0 Å².